The van der Waals surface area contributed by atoms with Crippen LogP contribution in [0.4, 0.5) is 0 Å². The normalized spacial score (nSPS) is 14.2. The second-order valence-electron chi connectivity index (χ2n) is 5.67. The first kappa shape index (κ1) is 16.0. The minimum Gasteiger partial charge on any atom is -0.477 e. The molecular formula is C17H29NO. The van der Waals surface area contributed by atoms with E-state index in [1.807, 2.05) is 13.0 Å². The Bertz CT molecular complexity index is 376. The maximum atomic E-state index is 5.99. The fourth-order valence-electron chi connectivity index (χ4n) is 2.27. The second-order valence-corrected chi connectivity index (χ2v) is 5.67. The van der Waals surface area contributed by atoms with Gasteiger partial charge in [0, 0.05) is 11.3 Å². The van der Waals surface area contributed by atoms with E-state index in [0.29, 0.717) is 5.92 Å². The number of pyridine rings is 1. The van der Waals surface area contributed by atoms with Crippen LogP contribution in [0.2, 0.25) is 0 Å². The molecule has 0 aromatic carbocycles. The number of unbranched alkanes of at least 4 members (excludes halogenated alkanes) is 1. The maximum Gasteiger partial charge on any atom is 0.216 e. The molecule has 0 aliphatic heterocycles. The Balaban J connectivity index is 2.61. The van der Waals surface area contributed by atoms with Crippen LogP contribution in [0, 0.1) is 25.7 Å². The number of hydrogen-bond donors (Lipinski definition) is 0. The van der Waals surface area contributed by atoms with Gasteiger partial charge in [-0.25, -0.2) is 4.98 Å². The lowest BCUT2D eigenvalue weighted by molar-refractivity contribution is 0.180. The summed E-state index contributed by atoms with van der Waals surface area (Å²) in [6.45, 7) is 11.7. The summed E-state index contributed by atoms with van der Waals surface area (Å²) in [6.07, 6.45) is 5.03. The molecule has 0 aliphatic carbocycles. The number of ether oxygens (including phenoxy) is 1. The molecule has 2 heteroatoms. The van der Waals surface area contributed by atoms with Crippen LogP contribution >= 0.6 is 0 Å². The van der Waals surface area contributed by atoms with Gasteiger partial charge in [-0.1, -0.05) is 46.1 Å². The van der Waals surface area contributed by atoms with Gasteiger partial charge in [0.05, 0.1) is 6.61 Å². The van der Waals surface area contributed by atoms with Crippen molar-refractivity contribution in [3.63, 3.8) is 0 Å². The van der Waals surface area contributed by atoms with E-state index in [2.05, 4.69) is 38.7 Å². The van der Waals surface area contributed by atoms with Crippen LogP contribution in [0.25, 0.3) is 0 Å². The first-order chi connectivity index (χ1) is 9.08. The molecular weight excluding hydrogens is 234 g/mol. The predicted octanol–water partition coefficient (Wildman–Crippen LogP) is 4.93. The molecule has 2 unspecified atom stereocenters. The quantitative estimate of drug-likeness (QED) is 0.663. The molecule has 19 heavy (non-hydrogen) atoms. The smallest absolute Gasteiger partial charge is 0.216 e. The van der Waals surface area contributed by atoms with E-state index in [-0.39, 0.29) is 0 Å². The Morgan fingerprint density at radius 1 is 1.21 bits per heavy atom. The third-order valence-electron chi connectivity index (χ3n) is 4.00. The van der Waals surface area contributed by atoms with Crippen molar-refractivity contribution >= 4 is 0 Å². The summed E-state index contributed by atoms with van der Waals surface area (Å²) in [6, 6.07) is 4.12. The van der Waals surface area contributed by atoms with E-state index < -0.39 is 0 Å². The predicted molar refractivity (Wildman–Crippen MR) is 81.7 cm³/mol. The van der Waals surface area contributed by atoms with E-state index in [1.165, 1.54) is 25.7 Å². The third kappa shape index (κ3) is 5.22. The van der Waals surface area contributed by atoms with E-state index in [0.717, 1.165) is 29.7 Å². The lowest BCUT2D eigenvalue weighted by atomic mass is 9.88. The minimum atomic E-state index is 0.645. The van der Waals surface area contributed by atoms with Gasteiger partial charge < -0.3 is 4.74 Å². The van der Waals surface area contributed by atoms with Crippen LogP contribution in [0.3, 0.4) is 0 Å². The molecule has 2 atom stereocenters. The number of hydrogen-bond acceptors (Lipinski definition) is 2. The van der Waals surface area contributed by atoms with Gasteiger partial charge in [-0.3, -0.25) is 0 Å². The standard InChI is InChI=1S/C17H29NO/c1-6-8-9-16(13(3)7-2)12-19-17-14(4)10-11-15(5)18-17/h10-11,13,16H,6-9,12H2,1-5H3. The van der Waals surface area contributed by atoms with Gasteiger partial charge in [0.2, 0.25) is 5.88 Å². The third-order valence-corrected chi connectivity index (χ3v) is 4.00. The molecule has 0 bridgehead atoms. The van der Waals surface area contributed by atoms with Gasteiger partial charge in [0.25, 0.3) is 0 Å². The largest absolute Gasteiger partial charge is 0.477 e. The van der Waals surface area contributed by atoms with Crippen molar-refractivity contribution in [3.05, 3.63) is 23.4 Å². The van der Waals surface area contributed by atoms with E-state index in [1.54, 1.807) is 0 Å². The highest BCUT2D eigenvalue weighted by Crippen LogP contribution is 2.23. The summed E-state index contributed by atoms with van der Waals surface area (Å²) < 4.78 is 5.99. The maximum absolute atomic E-state index is 5.99. The molecule has 0 spiro atoms. The monoisotopic (exact) mass is 263 g/mol. The van der Waals surface area contributed by atoms with Crippen LogP contribution in [-0.2, 0) is 0 Å². The van der Waals surface area contributed by atoms with E-state index in [4.69, 9.17) is 4.74 Å². The van der Waals surface area contributed by atoms with Crippen molar-refractivity contribution in [2.45, 2.75) is 60.3 Å². The number of aryl methyl sites for hydroxylation is 2. The van der Waals surface area contributed by atoms with Gasteiger partial charge in [-0.2, -0.15) is 0 Å². The summed E-state index contributed by atoms with van der Waals surface area (Å²) in [5, 5.41) is 0. The lowest BCUT2D eigenvalue weighted by Gasteiger charge is -2.23. The van der Waals surface area contributed by atoms with Crippen LogP contribution in [0.15, 0.2) is 12.1 Å². The summed E-state index contributed by atoms with van der Waals surface area (Å²) in [5.74, 6) is 2.17. The van der Waals surface area contributed by atoms with Crippen LogP contribution in [-0.4, -0.2) is 11.6 Å². The summed E-state index contributed by atoms with van der Waals surface area (Å²) in [7, 11) is 0. The molecule has 1 rings (SSSR count). The lowest BCUT2D eigenvalue weighted by Crippen LogP contribution is -2.20. The zero-order chi connectivity index (χ0) is 14.3. The number of nitrogens with zero attached hydrogens (tertiary/aromatic N) is 1. The highest BCUT2D eigenvalue weighted by atomic mass is 16.5. The van der Waals surface area contributed by atoms with Crippen LogP contribution < -0.4 is 4.74 Å². The van der Waals surface area contributed by atoms with Crippen LogP contribution in [0.5, 0.6) is 5.88 Å². The molecule has 0 fully saturated rings. The van der Waals surface area contributed by atoms with Gasteiger partial charge >= 0.3 is 0 Å². The Kier molecular flexibility index (Phi) is 6.90. The van der Waals surface area contributed by atoms with Gasteiger partial charge in [0.1, 0.15) is 0 Å². The minimum absolute atomic E-state index is 0.645. The first-order valence-electron chi connectivity index (χ1n) is 7.65. The van der Waals surface area contributed by atoms with E-state index >= 15 is 0 Å². The molecule has 0 N–H and O–H groups in total. The van der Waals surface area contributed by atoms with E-state index in [9.17, 15) is 0 Å². The fraction of sp³-hybridized carbons (Fsp3) is 0.706. The zero-order valence-electron chi connectivity index (χ0n) is 13.2. The second kappa shape index (κ2) is 8.19. The van der Waals surface area contributed by atoms with Crippen molar-refractivity contribution in [1.82, 2.24) is 4.98 Å². The summed E-state index contributed by atoms with van der Waals surface area (Å²) >= 11 is 0. The van der Waals surface area contributed by atoms with Crippen molar-refractivity contribution in [2.24, 2.45) is 11.8 Å². The average molecular weight is 263 g/mol. The van der Waals surface area contributed by atoms with Gasteiger partial charge in [-0.15, -0.1) is 0 Å². The van der Waals surface area contributed by atoms with Gasteiger partial charge in [0.15, 0.2) is 0 Å². The molecule has 0 saturated carbocycles. The van der Waals surface area contributed by atoms with Crippen molar-refractivity contribution in [2.75, 3.05) is 6.61 Å². The average Bonchev–Trinajstić information content (AvgIpc) is 2.41. The summed E-state index contributed by atoms with van der Waals surface area (Å²) in [4.78, 5) is 4.49. The molecule has 0 aliphatic rings. The number of aromatic nitrogens is 1. The molecule has 108 valence electrons. The van der Waals surface area contributed by atoms with Crippen molar-refractivity contribution in [3.8, 4) is 5.88 Å². The van der Waals surface area contributed by atoms with Crippen molar-refractivity contribution < 1.29 is 4.74 Å². The molecule has 1 aromatic rings. The molecule has 1 aromatic heterocycles. The Hall–Kier alpha value is -1.05. The zero-order valence-corrected chi connectivity index (χ0v) is 13.2. The van der Waals surface area contributed by atoms with Crippen molar-refractivity contribution in [1.29, 1.82) is 0 Å². The molecule has 2 nitrogen and oxygen atoms in total. The van der Waals surface area contributed by atoms with Crippen LogP contribution in [0.1, 0.15) is 57.7 Å². The van der Waals surface area contributed by atoms with Gasteiger partial charge in [-0.05, 0) is 38.2 Å². The molecule has 0 amide bonds. The molecule has 0 saturated heterocycles. The summed E-state index contributed by atoms with van der Waals surface area (Å²) in [5.41, 5.74) is 2.15. The first-order valence-corrected chi connectivity index (χ1v) is 7.65. The molecule has 0 radical (unpaired) electrons. The highest BCUT2D eigenvalue weighted by molar-refractivity contribution is 5.26. The Morgan fingerprint density at radius 2 is 1.95 bits per heavy atom. The highest BCUT2D eigenvalue weighted by Gasteiger charge is 2.17. The number of rotatable bonds is 8. The fourth-order valence-corrected chi connectivity index (χ4v) is 2.27. The SMILES string of the molecule is CCCCC(COc1nc(C)ccc1C)C(C)CC. The Morgan fingerprint density at radius 3 is 2.58 bits per heavy atom. The molecule has 1 heterocycles. The Labute approximate surface area is 118 Å². The topological polar surface area (TPSA) is 22.1 Å².